The lowest BCUT2D eigenvalue weighted by Gasteiger charge is -2.19. The van der Waals surface area contributed by atoms with Crippen molar-refractivity contribution >= 4 is 35.1 Å². The molecule has 4 heteroatoms. The first-order valence-electron chi connectivity index (χ1n) is 9.35. The number of benzene rings is 2. The second kappa shape index (κ2) is 7.69. The van der Waals surface area contributed by atoms with Gasteiger partial charge in [0.1, 0.15) is 0 Å². The summed E-state index contributed by atoms with van der Waals surface area (Å²) in [6, 6.07) is 12.2. The predicted molar refractivity (Wildman–Crippen MR) is 113 cm³/mol. The zero-order chi connectivity index (χ0) is 19.0. The van der Waals surface area contributed by atoms with Crippen LogP contribution in [-0.2, 0) is 11.2 Å². The van der Waals surface area contributed by atoms with Crippen LogP contribution in [0.2, 0.25) is 0 Å². The summed E-state index contributed by atoms with van der Waals surface area (Å²) in [4.78, 5) is 29.4. The molecule has 4 rings (SSSR count). The highest BCUT2D eigenvalue weighted by molar-refractivity contribution is 8.03. The minimum absolute atomic E-state index is 0.00400. The summed E-state index contributed by atoms with van der Waals surface area (Å²) in [5.41, 5.74) is 4.63. The standard InChI is InChI=1S/C23H22O2S2/c1-14-5-3-6-16(13-14)27-21-8-4-7-19(24)22(21)23(25)18-9-10-20-17(15(18)2)11-12-26-20/h3,5-6,9-10,13H,4,7-8,11-12H2,1-2H3. The quantitative estimate of drug-likeness (QED) is 0.475. The summed E-state index contributed by atoms with van der Waals surface area (Å²) in [7, 11) is 0. The molecule has 1 aliphatic carbocycles. The first-order valence-corrected chi connectivity index (χ1v) is 11.2. The molecule has 0 amide bonds. The number of carbonyl (C=O) groups excluding carboxylic acids is 2. The lowest BCUT2D eigenvalue weighted by atomic mass is 9.88. The number of hydrogen-bond acceptors (Lipinski definition) is 4. The van der Waals surface area contributed by atoms with E-state index in [0.29, 0.717) is 17.6 Å². The molecule has 0 bridgehead atoms. The van der Waals surface area contributed by atoms with Crippen molar-refractivity contribution in [2.45, 2.75) is 49.3 Å². The van der Waals surface area contributed by atoms with Crippen molar-refractivity contribution in [3.63, 3.8) is 0 Å². The summed E-state index contributed by atoms with van der Waals surface area (Å²) in [6.07, 6.45) is 3.10. The molecular weight excluding hydrogens is 372 g/mol. The lowest BCUT2D eigenvalue weighted by molar-refractivity contribution is -0.115. The number of fused-ring (bicyclic) bond motifs is 1. The van der Waals surface area contributed by atoms with Crippen LogP contribution < -0.4 is 0 Å². The normalized spacial score (nSPS) is 16.6. The molecule has 0 aromatic heterocycles. The van der Waals surface area contributed by atoms with Gasteiger partial charge in [0, 0.05) is 32.4 Å². The molecule has 0 fully saturated rings. The van der Waals surface area contributed by atoms with Crippen molar-refractivity contribution in [3.05, 3.63) is 69.1 Å². The van der Waals surface area contributed by atoms with Crippen LogP contribution in [0, 0.1) is 13.8 Å². The van der Waals surface area contributed by atoms with Crippen molar-refractivity contribution in [1.29, 1.82) is 0 Å². The summed E-state index contributed by atoms with van der Waals surface area (Å²) < 4.78 is 0. The first-order chi connectivity index (χ1) is 13.0. The fourth-order valence-corrected chi connectivity index (χ4v) is 6.16. The fourth-order valence-electron chi connectivity index (χ4n) is 3.81. The smallest absolute Gasteiger partial charge is 0.197 e. The largest absolute Gasteiger partial charge is 0.294 e. The molecule has 0 radical (unpaired) electrons. The molecule has 138 valence electrons. The van der Waals surface area contributed by atoms with Crippen LogP contribution in [0.4, 0.5) is 0 Å². The van der Waals surface area contributed by atoms with E-state index in [1.807, 2.05) is 36.9 Å². The second-order valence-corrected chi connectivity index (χ2v) is 9.44. The van der Waals surface area contributed by atoms with Crippen LogP contribution in [0.25, 0.3) is 0 Å². The van der Waals surface area contributed by atoms with E-state index in [1.165, 1.54) is 16.0 Å². The number of ketones is 2. The van der Waals surface area contributed by atoms with Crippen LogP contribution in [0.15, 0.2) is 56.7 Å². The Labute approximate surface area is 168 Å². The van der Waals surface area contributed by atoms with E-state index in [0.717, 1.165) is 40.4 Å². The zero-order valence-electron chi connectivity index (χ0n) is 15.6. The van der Waals surface area contributed by atoms with E-state index in [-0.39, 0.29) is 11.6 Å². The Morgan fingerprint density at radius 3 is 2.74 bits per heavy atom. The maximum atomic E-state index is 13.4. The van der Waals surface area contributed by atoms with Crippen molar-refractivity contribution < 1.29 is 9.59 Å². The van der Waals surface area contributed by atoms with Crippen LogP contribution in [-0.4, -0.2) is 17.3 Å². The van der Waals surface area contributed by atoms with E-state index >= 15 is 0 Å². The third-order valence-corrected chi connectivity index (χ3v) is 7.48. The van der Waals surface area contributed by atoms with Crippen LogP contribution in [0.1, 0.15) is 46.3 Å². The maximum absolute atomic E-state index is 13.4. The van der Waals surface area contributed by atoms with Gasteiger partial charge in [-0.15, -0.1) is 11.8 Å². The topological polar surface area (TPSA) is 34.1 Å². The van der Waals surface area contributed by atoms with E-state index in [2.05, 4.69) is 25.1 Å². The van der Waals surface area contributed by atoms with Crippen molar-refractivity contribution in [2.75, 3.05) is 5.75 Å². The number of thioether (sulfide) groups is 2. The Bertz CT molecular complexity index is 972. The summed E-state index contributed by atoms with van der Waals surface area (Å²) in [5.74, 6) is 0.979. The SMILES string of the molecule is Cc1cccc(SC2=C(C(=O)c3ccc4c(c3C)CCS4)C(=O)CCC2)c1. The molecule has 0 spiro atoms. The summed E-state index contributed by atoms with van der Waals surface area (Å²) >= 11 is 3.43. The molecule has 0 N–H and O–H groups in total. The minimum Gasteiger partial charge on any atom is -0.294 e. The Morgan fingerprint density at radius 2 is 1.93 bits per heavy atom. The average molecular weight is 395 g/mol. The molecule has 2 aromatic rings. The number of allylic oxidation sites excluding steroid dienone is 2. The van der Waals surface area contributed by atoms with E-state index < -0.39 is 0 Å². The molecular formula is C23H22O2S2. The molecule has 2 aromatic carbocycles. The Morgan fingerprint density at radius 1 is 1.07 bits per heavy atom. The predicted octanol–water partition coefficient (Wildman–Crippen LogP) is 5.93. The maximum Gasteiger partial charge on any atom is 0.197 e. The van der Waals surface area contributed by atoms with Crippen LogP contribution in [0.3, 0.4) is 0 Å². The highest BCUT2D eigenvalue weighted by atomic mass is 32.2. The van der Waals surface area contributed by atoms with Crippen LogP contribution >= 0.6 is 23.5 Å². The number of hydrogen-bond donors (Lipinski definition) is 0. The highest BCUT2D eigenvalue weighted by Gasteiger charge is 2.30. The third-order valence-electron chi connectivity index (χ3n) is 5.23. The van der Waals surface area contributed by atoms with Gasteiger partial charge in [0.15, 0.2) is 11.6 Å². The van der Waals surface area contributed by atoms with Gasteiger partial charge in [-0.3, -0.25) is 9.59 Å². The van der Waals surface area contributed by atoms with Crippen molar-refractivity contribution in [2.24, 2.45) is 0 Å². The second-order valence-electron chi connectivity index (χ2n) is 7.14. The van der Waals surface area contributed by atoms with Gasteiger partial charge in [-0.1, -0.05) is 29.5 Å². The molecule has 0 atom stereocenters. The van der Waals surface area contributed by atoms with Gasteiger partial charge >= 0.3 is 0 Å². The molecule has 2 nitrogen and oxygen atoms in total. The lowest BCUT2D eigenvalue weighted by Crippen LogP contribution is -2.20. The first kappa shape index (κ1) is 18.6. The van der Waals surface area contributed by atoms with E-state index in [1.54, 1.807) is 11.8 Å². The molecule has 0 unspecified atom stereocenters. The van der Waals surface area contributed by atoms with E-state index in [9.17, 15) is 9.59 Å². The fraction of sp³-hybridized carbons (Fsp3) is 0.304. The van der Waals surface area contributed by atoms with Gasteiger partial charge in [-0.25, -0.2) is 0 Å². The van der Waals surface area contributed by atoms with Crippen molar-refractivity contribution in [1.82, 2.24) is 0 Å². The summed E-state index contributed by atoms with van der Waals surface area (Å²) in [6.45, 7) is 4.08. The van der Waals surface area contributed by atoms with Gasteiger partial charge in [0.25, 0.3) is 0 Å². The number of Topliss-reactive ketones (excluding diaryl/α,β-unsaturated/α-hetero) is 2. The Balaban J connectivity index is 1.75. The van der Waals surface area contributed by atoms with E-state index in [4.69, 9.17) is 0 Å². The Kier molecular flexibility index (Phi) is 5.29. The monoisotopic (exact) mass is 394 g/mol. The van der Waals surface area contributed by atoms with Crippen molar-refractivity contribution in [3.8, 4) is 0 Å². The molecule has 2 aliphatic rings. The third kappa shape index (κ3) is 3.65. The minimum atomic E-state index is -0.0907. The number of aryl methyl sites for hydroxylation is 1. The molecule has 1 heterocycles. The van der Waals surface area contributed by atoms with Gasteiger partial charge in [0.05, 0.1) is 5.57 Å². The molecule has 1 aliphatic heterocycles. The number of carbonyl (C=O) groups is 2. The molecule has 0 saturated carbocycles. The zero-order valence-corrected chi connectivity index (χ0v) is 17.3. The number of rotatable bonds is 4. The van der Waals surface area contributed by atoms with Crippen LogP contribution in [0.5, 0.6) is 0 Å². The van der Waals surface area contributed by atoms with Gasteiger partial charge in [-0.2, -0.15) is 0 Å². The highest BCUT2D eigenvalue weighted by Crippen LogP contribution is 2.39. The van der Waals surface area contributed by atoms with Gasteiger partial charge < -0.3 is 0 Å². The summed E-state index contributed by atoms with van der Waals surface area (Å²) in [5, 5.41) is 0. The molecule has 0 saturated heterocycles. The Hall–Kier alpha value is -1.78. The molecule has 27 heavy (non-hydrogen) atoms. The van der Waals surface area contributed by atoms with Gasteiger partial charge in [-0.05, 0) is 68.5 Å². The average Bonchev–Trinajstić information content (AvgIpc) is 3.11. The van der Waals surface area contributed by atoms with Gasteiger partial charge in [0.2, 0.25) is 0 Å².